The Morgan fingerprint density at radius 1 is 0.971 bits per heavy atom. The van der Waals surface area contributed by atoms with Crippen LogP contribution in [0.3, 0.4) is 0 Å². The lowest BCUT2D eigenvalue weighted by Gasteiger charge is -2.26. The summed E-state index contributed by atoms with van der Waals surface area (Å²) in [7, 11) is 1.61. The fourth-order valence-corrected chi connectivity index (χ4v) is 5.47. The Bertz CT molecular complexity index is 1420. The van der Waals surface area contributed by atoms with Gasteiger partial charge in [-0.15, -0.1) is 11.8 Å². The first-order chi connectivity index (χ1) is 17.0. The third-order valence-corrected chi connectivity index (χ3v) is 7.14. The van der Waals surface area contributed by atoms with Crippen molar-refractivity contribution in [3.63, 3.8) is 0 Å². The number of methoxy groups -OCH3 is 1. The van der Waals surface area contributed by atoms with Gasteiger partial charge in [0.15, 0.2) is 0 Å². The normalized spacial score (nSPS) is 15.3. The maximum Gasteiger partial charge on any atom is 0.323 e. The summed E-state index contributed by atoms with van der Waals surface area (Å²) in [6.45, 7) is 1.99. The van der Waals surface area contributed by atoms with Crippen molar-refractivity contribution in [2.24, 2.45) is 0 Å². The summed E-state index contributed by atoms with van der Waals surface area (Å²) in [5.41, 5.74) is 4.11. The Labute approximate surface area is 208 Å². The number of ether oxygens (including phenoxy) is 1. The summed E-state index contributed by atoms with van der Waals surface area (Å²) in [6.07, 6.45) is 0. The maximum atomic E-state index is 12.9. The van der Waals surface area contributed by atoms with Crippen molar-refractivity contribution in [3.05, 3.63) is 96.1 Å². The van der Waals surface area contributed by atoms with E-state index in [0.29, 0.717) is 17.2 Å². The van der Waals surface area contributed by atoms with Gasteiger partial charge >= 0.3 is 6.03 Å². The highest BCUT2D eigenvalue weighted by Crippen LogP contribution is 2.45. The lowest BCUT2D eigenvalue weighted by atomic mass is 10.1. The number of anilines is 3. The van der Waals surface area contributed by atoms with E-state index in [1.54, 1.807) is 23.8 Å². The number of amides is 3. The van der Waals surface area contributed by atoms with E-state index in [-0.39, 0.29) is 17.3 Å². The second-order valence-electron chi connectivity index (χ2n) is 8.33. The average Bonchev–Trinajstić information content (AvgIpc) is 3.25. The molecule has 35 heavy (non-hydrogen) atoms. The van der Waals surface area contributed by atoms with Gasteiger partial charge in [0.05, 0.1) is 24.2 Å². The highest BCUT2D eigenvalue weighted by molar-refractivity contribution is 8.00. The van der Waals surface area contributed by atoms with Crippen molar-refractivity contribution in [2.45, 2.75) is 12.3 Å². The molecule has 0 radical (unpaired) electrons. The number of nitrogens with zero attached hydrogens (tertiary/aromatic N) is 1. The van der Waals surface area contributed by atoms with Crippen LogP contribution in [0.1, 0.15) is 16.5 Å². The van der Waals surface area contributed by atoms with Crippen molar-refractivity contribution in [1.82, 2.24) is 0 Å². The largest absolute Gasteiger partial charge is 0.495 e. The summed E-state index contributed by atoms with van der Waals surface area (Å²) in [4.78, 5) is 27.5. The first-order valence-corrected chi connectivity index (χ1v) is 12.3. The summed E-state index contributed by atoms with van der Waals surface area (Å²) in [5, 5.41) is 7.69. The van der Waals surface area contributed by atoms with Crippen LogP contribution in [0.2, 0.25) is 0 Å². The van der Waals surface area contributed by atoms with E-state index in [4.69, 9.17) is 4.74 Å². The van der Waals surface area contributed by atoms with E-state index in [9.17, 15) is 9.59 Å². The second kappa shape index (κ2) is 9.72. The first kappa shape index (κ1) is 22.8. The van der Waals surface area contributed by atoms with Crippen LogP contribution < -0.4 is 20.3 Å². The van der Waals surface area contributed by atoms with E-state index in [1.165, 1.54) is 0 Å². The molecule has 2 N–H and O–H groups in total. The van der Waals surface area contributed by atoms with Crippen LogP contribution in [0.5, 0.6) is 5.75 Å². The van der Waals surface area contributed by atoms with E-state index < -0.39 is 0 Å². The van der Waals surface area contributed by atoms with Crippen molar-refractivity contribution < 1.29 is 14.3 Å². The van der Waals surface area contributed by atoms with Gasteiger partial charge in [0.2, 0.25) is 5.91 Å². The van der Waals surface area contributed by atoms with Gasteiger partial charge in [-0.05, 0) is 53.8 Å². The zero-order valence-electron chi connectivity index (χ0n) is 19.4. The number of hydrogen-bond acceptors (Lipinski definition) is 4. The van der Waals surface area contributed by atoms with Gasteiger partial charge in [0.25, 0.3) is 0 Å². The third kappa shape index (κ3) is 4.68. The number of thioether (sulfide) groups is 1. The lowest BCUT2D eigenvalue weighted by molar-refractivity contribution is -0.115. The fourth-order valence-electron chi connectivity index (χ4n) is 4.31. The van der Waals surface area contributed by atoms with Gasteiger partial charge in [-0.25, -0.2) is 4.79 Å². The molecular formula is C28H25N3O3S. The Hall–Kier alpha value is -3.97. The molecule has 1 atom stereocenters. The number of nitrogens with one attached hydrogen (secondary N) is 2. The van der Waals surface area contributed by atoms with Crippen LogP contribution in [0.15, 0.2) is 84.9 Å². The minimum Gasteiger partial charge on any atom is -0.495 e. The number of benzene rings is 4. The zero-order valence-corrected chi connectivity index (χ0v) is 20.3. The molecule has 1 unspecified atom stereocenters. The van der Waals surface area contributed by atoms with Crippen LogP contribution in [0.25, 0.3) is 10.8 Å². The average molecular weight is 484 g/mol. The number of carbonyl (C=O) groups is 2. The quantitative estimate of drug-likeness (QED) is 0.336. The first-order valence-electron chi connectivity index (χ1n) is 11.3. The molecular weight excluding hydrogens is 458 g/mol. The summed E-state index contributed by atoms with van der Waals surface area (Å²) in [6, 6.07) is 26.8. The van der Waals surface area contributed by atoms with E-state index in [2.05, 4.69) is 10.6 Å². The molecule has 1 aliphatic heterocycles. The molecule has 0 bridgehead atoms. The number of aryl methyl sites for hydroxylation is 1. The monoisotopic (exact) mass is 483 g/mol. The SMILES string of the molecule is COc1ccc(C)cc1N1C(=O)CSC1c1cccc(NC(=O)Nc2cccc3ccccc23)c1. The zero-order chi connectivity index (χ0) is 24.4. The Kier molecular flexibility index (Phi) is 6.33. The highest BCUT2D eigenvalue weighted by Gasteiger charge is 2.35. The third-order valence-electron chi connectivity index (χ3n) is 5.93. The minimum atomic E-state index is -0.328. The number of hydrogen-bond donors (Lipinski definition) is 2. The molecule has 6 nitrogen and oxygen atoms in total. The van der Waals surface area contributed by atoms with Gasteiger partial charge in [0, 0.05) is 11.1 Å². The van der Waals surface area contributed by atoms with E-state index in [0.717, 1.165) is 33.3 Å². The maximum absolute atomic E-state index is 12.9. The predicted molar refractivity (Wildman–Crippen MR) is 143 cm³/mol. The predicted octanol–water partition coefficient (Wildman–Crippen LogP) is 6.58. The van der Waals surface area contributed by atoms with Gasteiger partial charge < -0.3 is 15.4 Å². The van der Waals surface area contributed by atoms with Crippen molar-refractivity contribution in [3.8, 4) is 5.75 Å². The van der Waals surface area contributed by atoms with Gasteiger partial charge in [-0.3, -0.25) is 9.69 Å². The Morgan fingerprint density at radius 3 is 2.63 bits per heavy atom. The second-order valence-corrected chi connectivity index (χ2v) is 9.40. The molecule has 4 aromatic rings. The number of carbonyl (C=O) groups excluding carboxylic acids is 2. The molecule has 0 aromatic heterocycles. The van der Waals surface area contributed by atoms with Crippen LogP contribution >= 0.6 is 11.8 Å². The molecule has 1 fully saturated rings. The summed E-state index contributed by atoms with van der Waals surface area (Å²) < 4.78 is 5.54. The smallest absolute Gasteiger partial charge is 0.323 e. The van der Waals surface area contributed by atoms with Crippen LogP contribution in [0, 0.1) is 6.92 Å². The molecule has 176 valence electrons. The van der Waals surface area contributed by atoms with Crippen molar-refractivity contribution in [1.29, 1.82) is 0 Å². The molecule has 3 amide bonds. The Balaban J connectivity index is 1.38. The van der Waals surface area contributed by atoms with Gasteiger partial charge in [0.1, 0.15) is 11.1 Å². The summed E-state index contributed by atoms with van der Waals surface area (Å²) >= 11 is 1.56. The standard InChI is InChI=1S/C28H25N3O3S/c1-18-13-14-25(34-2)24(15-18)31-26(32)17-35-27(31)20-9-5-10-21(16-20)29-28(33)30-23-12-6-8-19-7-3-4-11-22(19)23/h3-16,27H,17H2,1-2H3,(H2,29,30,33). The minimum absolute atomic E-state index is 0.0240. The molecule has 0 spiro atoms. The molecule has 4 aromatic carbocycles. The van der Waals surface area contributed by atoms with E-state index in [1.807, 2.05) is 91.9 Å². The van der Waals surface area contributed by atoms with Crippen LogP contribution in [0.4, 0.5) is 21.9 Å². The molecule has 5 rings (SSSR count). The fraction of sp³-hybridized carbons (Fsp3) is 0.143. The van der Waals surface area contributed by atoms with E-state index >= 15 is 0 Å². The molecule has 0 saturated carbocycles. The molecule has 1 saturated heterocycles. The van der Waals surface area contributed by atoms with Gasteiger partial charge in [-0.1, -0.05) is 54.6 Å². The molecule has 1 aliphatic rings. The van der Waals surface area contributed by atoms with Crippen LogP contribution in [-0.4, -0.2) is 24.8 Å². The van der Waals surface area contributed by atoms with Crippen LogP contribution in [-0.2, 0) is 4.79 Å². The molecule has 0 aliphatic carbocycles. The van der Waals surface area contributed by atoms with Gasteiger partial charge in [-0.2, -0.15) is 0 Å². The topological polar surface area (TPSA) is 70.7 Å². The summed E-state index contributed by atoms with van der Waals surface area (Å²) in [5.74, 6) is 1.05. The molecule has 1 heterocycles. The highest BCUT2D eigenvalue weighted by atomic mass is 32.2. The number of fused-ring (bicyclic) bond motifs is 1. The Morgan fingerprint density at radius 2 is 1.77 bits per heavy atom. The van der Waals surface area contributed by atoms with Crippen molar-refractivity contribution in [2.75, 3.05) is 28.4 Å². The number of urea groups is 1. The van der Waals surface area contributed by atoms with Crippen molar-refractivity contribution >= 4 is 51.5 Å². The number of rotatable bonds is 5. The lowest BCUT2D eigenvalue weighted by Crippen LogP contribution is -2.28. The molecule has 7 heteroatoms.